The van der Waals surface area contributed by atoms with Crippen LogP contribution in [-0.4, -0.2) is 54.5 Å². The molecule has 0 bridgehead atoms. The minimum Gasteiger partial charge on any atom is -0.325 e. The topological polar surface area (TPSA) is 35.6 Å². The number of nitrogens with zero attached hydrogens (tertiary/aromatic N) is 2. The van der Waals surface area contributed by atoms with Crippen LogP contribution in [0.1, 0.15) is 12.8 Å². The molecular formula is C15H19Cl2N3O. The average molecular weight is 328 g/mol. The molecule has 0 saturated carbocycles. The summed E-state index contributed by atoms with van der Waals surface area (Å²) < 4.78 is 0. The molecule has 2 aliphatic heterocycles. The molecule has 0 aliphatic carbocycles. The molecule has 1 aromatic carbocycles. The highest BCUT2D eigenvalue weighted by Crippen LogP contribution is 2.23. The molecule has 21 heavy (non-hydrogen) atoms. The zero-order valence-corrected chi connectivity index (χ0v) is 13.3. The Kier molecular flexibility index (Phi) is 4.69. The number of nitrogens with one attached hydrogen (secondary N) is 1. The highest BCUT2D eigenvalue weighted by atomic mass is 35.5. The van der Waals surface area contributed by atoms with E-state index in [1.807, 2.05) is 0 Å². The largest absolute Gasteiger partial charge is 0.325 e. The number of rotatable bonds is 3. The van der Waals surface area contributed by atoms with Crippen molar-refractivity contribution in [2.75, 3.05) is 38.0 Å². The summed E-state index contributed by atoms with van der Waals surface area (Å²) >= 11 is 11.9. The third kappa shape index (κ3) is 3.89. The van der Waals surface area contributed by atoms with Gasteiger partial charge in [0.05, 0.1) is 6.54 Å². The minimum absolute atomic E-state index is 0.0141. The van der Waals surface area contributed by atoms with E-state index in [-0.39, 0.29) is 5.91 Å². The summed E-state index contributed by atoms with van der Waals surface area (Å²) in [6.07, 6.45) is 2.54. The van der Waals surface area contributed by atoms with Crippen LogP contribution in [0.15, 0.2) is 18.2 Å². The first-order valence-electron chi connectivity index (χ1n) is 7.32. The summed E-state index contributed by atoms with van der Waals surface area (Å²) in [6.45, 7) is 4.66. The van der Waals surface area contributed by atoms with Gasteiger partial charge in [0.15, 0.2) is 0 Å². The smallest absolute Gasteiger partial charge is 0.238 e. The Bertz CT molecular complexity index is 517. The van der Waals surface area contributed by atoms with E-state index in [2.05, 4.69) is 15.1 Å². The molecule has 1 amide bonds. The molecule has 1 atom stereocenters. The van der Waals surface area contributed by atoms with Gasteiger partial charge < -0.3 is 5.32 Å². The van der Waals surface area contributed by atoms with Gasteiger partial charge in [-0.1, -0.05) is 23.2 Å². The second kappa shape index (κ2) is 6.53. The van der Waals surface area contributed by atoms with E-state index in [0.717, 1.165) is 19.6 Å². The third-order valence-electron chi connectivity index (χ3n) is 4.18. The van der Waals surface area contributed by atoms with Gasteiger partial charge in [0.1, 0.15) is 0 Å². The highest BCUT2D eigenvalue weighted by molar-refractivity contribution is 6.35. The molecule has 2 heterocycles. The van der Waals surface area contributed by atoms with Gasteiger partial charge in [0, 0.05) is 41.4 Å². The van der Waals surface area contributed by atoms with Gasteiger partial charge in [-0.25, -0.2) is 0 Å². The van der Waals surface area contributed by atoms with Crippen LogP contribution in [0, 0.1) is 0 Å². The molecule has 1 unspecified atom stereocenters. The van der Waals surface area contributed by atoms with Gasteiger partial charge in [-0.05, 0) is 37.6 Å². The quantitative estimate of drug-likeness (QED) is 0.927. The lowest BCUT2D eigenvalue weighted by Crippen LogP contribution is -2.51. The van der Waals surface area contributed by atoms with Crippen LogP contribution in [0.3, 0.4) is 0 Å². The zero-order valence-electron chi connectivity index (χ0n) is 11.8. The monoisotopic (exact) mass is 327 g/mol. The van der Waals surface area contributed by atoms with E-state index in [1.165, 1.54) is 19.4 Å². The molecule has 1 N–H and O–H groups in total. The SMILES string of the molecule is O=C(CN1CCN2CCCC2C1)Nc1cc(Cl)cc(Cl)c1. The number of piperazine rings is 1. The Balaban J connectivity index is 1.54. The number of fused-ring (bicyclic) bond motifs is 1. The number of carbonyl (C=O) groups is 1. The lowest BCUT2D eigenvalue weighted by Gasteiger charge is -2.37. The number of amides is 1. The molecule has 2 aliphatic rings. The van der Waals surface area contributed by atoms with Crippen molar-refractivity contribution in [3.8, 4) is 0 Å². The predicted octanol–water partition coefficient (Wildman–Crippen LogP) is 2.71. The predicted molar refractivity (Wildman–Crippen MR) is 86.1 cm³/mol. The number of benzene rings is 1. The van der Waals surface area contributed by atoms with Crippen molar-refractivity contribution >= 4 is 34.8 Å². The second-order valence-electron chi connectivity index (χ2n) is 5.77. The van der Waals surface area contributed by atoms with Crippen LogP contribution in [0.25, 0.3) is 0 Å². The maximum atomic E-state index is 12.1. The second-order valence-corrected chi connectivity index (χ2v) is 6.65. The Morgan fingerprint density at radius 3 is 2.71 bits per heavy atom. The number of hydrogen-bond donors (Lipinski definition) is 1. The van der Waals surface area contributed by atoms with Crippen molar-refractivity contribution in [3.63, 3.8) is 0 Å². The number of halogens is 2. The fourth-order valence-corrected chi connectivity index (χ4v) is 3.75. The molecule has 3 rings (SSSR count). The third-order valence-corrected chi connectivity index (χ3v) is 4.62. The molecule has 0 radical (unpaired) electrons. The Labute approximate surface area is 135 Å². The van der Waals surface area contributed by atoms with Crippen LogP contribution in [-0.2, 0) is 4.79 Å². The Morgan fingerprint density at radius 2 is 1.95 bits per heavy atom. The van der Waals surface area contributed by atoms with Crippen molar-refractivity contribution in [1.29, 1.82) is 0 Å². The Morgan fingerprint density at radius 1 is 1.19 bits per heavy atom. The van der Waals surface area contributed by atoms with Gasteiger partial charge in [-0.15, -0.1) is 0 Å². The molecule has 6 heteroatoms. The van der Waals surface area contributed by atoms with Crippen LogP contribution in [0.4, 0.5) is 5.69 Å². The summed E-state index contributed by atoms with van der Waals surface area (Å²) in [5, 5.41) is 3.92. The first-order chi connectivity index (χ1) is 10.1. The maximum Gasteiger partial charge on any atom is 0.238 e. The van der Waals surface area contributed by atoms with Gasteiger partial charge in [-0.2, -0.15) is 0 Å². The normalized spacial score (nSPS) is 23.0. The van der Waals surface area contributed by atoms with E-state index in [1.54, 1.807) is 18.2 Å². The highest BCUT2D eigenvalue weighted by Gasteiger charge is 2.30. The van der Waals surface area contributed by atoms with E-state index in [4.69, 9.17) is 23.2 Å². The summed E-state index contributed by atoms with van der Waals surface area (Å²) in [5.41, 5.74) is 0.650. The molecule has 0 aromatic heterocycles. The van der Waals surface area contributed by atoms with Crippen LogP contribution < -0.4 is 5.32 Å². The standard InChI is InChI=1S/C15H19Cl2N3O/c16-11-6-12(17)8-13(7-11)18-15(21)10-19-4-5-20-3-1-2-14(20)9-19/h6-8,14H,1-5,9-10H2,(H,18,21). The fourth-order valence-electron chi connectivity index (χ4n) is 3.23. The zero-order chi connectivity index (χ0) is 14.8. The lowest BCUT2D eigenvalue weighted by atomic mass is 10.1. The van der Waals surface area contributed by atoms with Crippen LogP contribution in [0.2, 0.25) is 10.0 Å². The average Bonchev–Trinajstić information content (AvgIpc) is 2.84. The van der Waals surface area contributed by atoms with E-state index in [0.29, 0.717) is 28.3 Å². The molecular weight excluding hydrogens is 309 g/mol. The van der Waals surface area contributed by atoms with Gasteiger partial charge >= 0.3 is 0 Å². The van der Waals surface area contributed by atoms with Gasteiger partial charge in [0.2, 0.25) is 5.91 Å². The fraction of sp³-hybridized carbons (Fsp3) is 0.533. The van der Waals surface area contributed by atoms with Crippen molar-refractivity contribution in [2.45, 2.75) is 18.9 Å². The number of carbonyl (C=O) groups excluding carboxylic acids is 1. The first kappa shape index (κ1) is 15.1. The first-order valence-corrected chi connectivity index (χ1v) is 8.08. The van der Waals surface area contributed by atoms with Gasteiger partial charge in [0.25, 0.3) is 0 Å². The molecule has 4 nitrogen and oxygen atoms in total. The number of anilines is 1. The molecule has 0 spiro atoms. The van der Waals surface area contributed by atoms with Crippen molar-refractivity contribution in [3.05, 3.63) is 28.2 Å². The molecule has 2 saturated heterocycles. The van der Waals surface area contributed by atoms with Crippen LogP contribution >= 0.6 is 23.2 Å². The van der Waals surface area contributed by atoms with Crippen molar-refractivity contribution in [1.82, 2.24) is 9.80 Å². The van der Waals surface area contributed by atoms with E-state index < -0.39 is 0 Å². The summed E-state index contributed by atoms with van der Waals surface area (Å²) in [6, 6.07) is 5.70. The van der Waals surface area contributed by atoms with E-state index >= 15 is 0 Å². The van der Waals surface area contributed by atoms with Crippen molar-refractivity contribution in [2.24, 2.45) is 0 Å². The summed E-state index contributed by atoms with van der Waals surface area (Å²) in [5.74, 6) is -0.0141. The molecule has 114 valence electrons. The minimum atomic E-state index is -0.0141. The van der Waals surface area contributed by atoms with E-state index in [9.17, 15) is 4.79 Å². The maximum absolute atomic E-state index is 12.1. The molecule has 1 aromatic rings. The lowest BCUT2D eigenvalue weighted by molar-refractivity contribution is -0.117. The summed E-state index contributed by atoms with van der Waals surface area (Å²) in [4.78, 5) is 16.9. The van der Waals surface area contributed by atoms with Gasteiger partial charge in [-0.3, -0.25) is 14.6 Å². The van der Waals surface area contributed by atoms with Crippen molar-refractivity contribution < 1.29 is 4.79 Å². The Hall–Kier alpha value is -0.810. The summed E-state index contributed by atoms with van der Waals surface area (Å²) in [7, 11) is 0. The molecule has 2 fully saturated rings. The number of hydrogen-bond acceptors (Lipinski definition) is 3. The van der Waals surface area contributed by atoms with Crippen LogP contribution in [0.5, 0.6) is 0 Å².